The molecule has 0 aromatic heterocycles. The van der Waals surface area contributed by atoms with Crippen molar-refractivity contribution in [2.24, 2.45) is 0 Å². The van der Waals surface area contributed by atoms with Gasteiger partial charge in [0.2, 0.25) is 5.36 Å². The minimum Gasteiger partial charge on any atom is -0.744 e. The maximum absolute atomic E-state index is 12.0. The Kier molecular flexibility index (Phi) is 6.27. The number of nitrogens with one attached hydrogen (secondary N) is 2. The van der Waals surface area contributed by atoms with E-state index in [2.05, 4.69) is 10.5 Å². The normalized spacial score (nSPS) is 12.7. The number of fused-ring (bicyclic) bond motifs is 2. The highest BCUT2D eigenvalue weighted by atomic mass is 32.2. The average molecular weight is 497 g/mol. The summed E-state index contributed by atoms with van der Waals surface area (Å²) in [5.41, 5.74) is 3.56. The first-order valence-electron chi connectivity index (χ1n) is 10.6. The van der Waals surface area contributed by atoms with Gasteiger partial charge in [0.05, 0.1) is 18.1 Å². The number of methoxy groups -OCH3 is 1. The van der Waals surface area contributed by atoms with Crippen LogP contribution in [0.4, 0.5) is 4.79 Å². The van der Waals surface area contributed by atoms with Crippen LogP contribution in [0.3, 0.4) is 0 Å². The van der Waals surface area contributed by atoms with Crippen molar-refractivity contribution in [3.8, 4) is 28.2 Å². The van der Waals surface area contributed by atoms with E-state index in [4.69, 9.17) is 13.9 Å². The topological polar surface area (TPSA) is 132 Å². The van der Waals surface area contributed by atoms with Crippen LogP contribution in [0.1, 0.15) is 20.8 Å². The highest BCUT2D eigenvalue weighted by Gasteiger charge is 2.22. The Morgan fingerprint density at radius 1 is 1.03 bits per heavy atom. The summed E-state index contributed by atoms with van der Waals surface area (Å²) in [6, 6.07) is 16.2. The van der Waals surface area contributed by atoms with Crippen molar-refractivity contribution in [3.05, 3.63) is 66.0 Å². The second-order valence-electron chi connectivity index (χ2n) is 8.75. The van der Waals surface area contributed by atoms with Gasteiger partial charge in [-0.2, -0.15) is 0 Å². The Hall–Kier alpha value is -3.89. The van der Waals surface area contributed by atoms with Gasteiger partial charge in [0.25, 0.3) is 0 Å². The first kappa shape index (κ1) is 24.2. The Morgan fingerprint density at radius 2 is 1.77 bits per heavy atom. The lowest BCUT2D eigenvalue weighted by Gasteiger charge is -2.19. The van der Waals surface area contributed by atoms with Gasteiger partial charge in [-0.3, -0.25) is 0 Å². The van der Waals surface area contributed by atoms with E-state index in [-0.39, 0.29) is 10.5 Å². The number of rotatable bonds is 4. The van der Waals surface area contributed by atoms with Gasteiger partial charge < -0.3 is 18.4 Å². The fraction of sp³-hybridized carbons (Fsp3) is 0.200. The van der Waals surface area contributed by atoms with Gasteiger partial charge in [0.1, 0.15) is 32.8 Å². The van der Waals surface area contributed by atoms with Gasteiger partial charge >= 0.3 is 6.09 Å². The van der Waals surface area contributed by atoms with Crippen LogP contribution in [-0.4, -0.2) is 31.8 Å². The summed E-state index contributed by atoms with van der Waals surface area (Å²) in [7, 11) is -3.23. The minimum absolute atomic E-state index is 0.256. The van der Waals surface area contributed by atoms with Crippen molar-refractivity contribution >= 4 is 27.2 Å². The lowest BCUT2D eigenvalue weighted by Crippen LogP contribution is -2.87. The van der Waals surface area contributed by atoms with Crippen molar-refractivity contribution in [3.63, 3.8) is 0 Å². The molecule has 2 aliphatic rings. The third-order valence-electron chi connectivity index (χ3n) is 5.06. The van der Waals surface area contributed by atoms with E-state index in [1.807, 2.05) is 0 Å². The van der Waals surface area contributed by atoms with Crippen molar-refractivity contribution in [2.75, 3.05) is 7.11 Å². The van der Waals surface area contributed by atoms with E-state index >= 15 is 0 Å². The average Bonchev–Trinajstić information content (AvgIpc) is 2.79. The molecule has 0 bridgehead atoms. The van der Waals surface area contributed by atoms with Crippen LogP contribution in [0.2, 0.25) is 0 Å². The highest BCUT2D eigenvalue weighted by molar-refractivity contribution is 7.85. The lowest BCUT2D eigenvalue weighted by atomic mass is 9.93. The second kappa shape index (κ2) is 9.05. The van der Waals surface area contributed by atoms with Gasteiger partial charge in [-0.15, -0.1) is 5.10 Å². The molecule has 2 aromatic carbocycles. The molecule has 35 heavy (non-hydrogen) atoms. The molecule has 0 fully saturated rings. The molecule has 0 saturated heterocycles. The molecule has 1 amide bonds. The van der Waals surface area contributed by atoms with Gasteiger partial charge in [-0.1, -0.05) is 23.6 Å². The summed E-state index contributed by atoms with van der Waals surface area (Å²) in [6.07, 6.45) is -0.659. The Bertz CT molecular complexity index is 1570. The number of benzene rings is 3. The largest absolute Gasteiger partial charge is 0.744 e. The number of carbonyl (C=O) groups excluding carboxylic acids is 1. The van der Waals surface area contributed by atoms with Crippen LogP contribution in [-0.2, 0) is 14.9 Å². The Labute approximate surface area is 202 Å². The van der Waals surface area contributed by atoms with E-state index in [1.54, 1.807) is 69.3 Å². The number of hydrogen-bond donors (Lipinski definition) is 2. The first-order valence-corrected chi connectivity index (χ1v) is 12.0. The van der Waals surface area contributed by atoms with Crippen molar-refractivity contribution in [1.29, 1.82) is 0 Å². The number of carbonyl (C=O) groups is 1. The minimum atomic E-state index is -4.75. The molecular weight excluding hydrogens is 472 g/mol. The molecule has 1 heterocycles. The van der Waals surface area contributed by atoms with E-state index in [9.17, 15) is 17.8 Å². The third-order valence-corrected chi connectivity index (χ3v) is 5.96. The third kappa shape index (κ3) is 5.28. The molecule has 9 nitrogen and oxygen atoms in total. The van der Waals surface area contributed by atoms with Crippen molar-refractivity contribution < 1.29 is 36.8 Å². The molecule has 182 valence electrons. The summed E-state index contributed by atoms with van der Waals surface area (Å²) in [4.78, 5) is 11.7. The fourth-order valence-electron chi connectivity index (χ4n) is 3.68. The predicted molar refractivity (Wildman–Crippen MR) is 126 cm³/mol. The quantitative estimate of drug-likeness (QED) is 0.252. The van der Waals surface area contributed by atoms with E-state index in [1.165, 1.54) is 19.2 Å². The molecule has 10 heteroatoms. The van der Waals surface area contributed by atoms with E-state index in [0.29, 0.717) is 39.0 Å². The second-order valence-corrected chi connectivity index (χ2v) is 10.1. The zero-order valence-electron chi connectivity index (χ0n) is 19.5. The van der Waals surface area contributed by atoms with Crippen molar-refractivity contribution in [1.82, 2.24) is 5.43 Å². The summed E-state index contributed by atoms with van der Waals surface area (Å²) in [5, 5.41) is 3.86. The molecule has 0 radical (unpaired) electrons. The molecule has 1 aliphatic heterocycles. The molecule has 0 atom stereocenters. The number of hydrazine groups is 1. The van der Waals surface area contributed by atoms with Gasteiger partial charge in [0.15, 0.2) is 0 Å². The molecule has 4 rings (SSSR count). The molecular formula is C25H24N2O7S. The van der Waals surface area contributed by atoms with Crippen LogP contribution < -0.4 is 20.6 Å². The Morgan fingerprint density at radius 3 is 2.46 bits per heavy atom. The number of ether oxygens (including phenoxy) is 2. The van der Waals surface area contributed by atoms with Crippen LogP contribution in [0.5, 0.6) is 5.75 Å². The zero-order valence-corrected chi connectivity index (χ0v) is 20.4. The summed E-state index contributed by atoms with van der Waals surface area (Å²) in [5.74, 6) is 0.923. The smallest absolute Gasteiger partial charge is 0.461 e. The molecule has 0 unspecified atom stereocenters. The lowest BCUT2D eigenvalue weighted by molar-refractivity contribution is -0.552. The maximum Gasteiger partial charge on any atom is 0.461 e. The summed E-state index contributed by atoms with van der Waals surface area (Å²) >= 11 is 0. The van der Waals surface area contributed by atoms with Crippen LogP contribution in [0.25, 0.3) is 33.4 Å². The Balaban J connectivity index is 1.96. The van der Waals surface area contributed by atoms with E-state index < -0.39 is 21.8 Å². The zero-order chi connectivity index (χ0) is 25.4. The van der Waals surface area contributed by atoms with E-state index in [0.717, 1.165) is 0 Å². The van der Waals surface area contributed by atoms with Crippen molar-refractivity contribution in [2.45, 2.75) is 31.3 Å². The summed E-state index contributed by atoms with van der Waals surface area (Å²) in [6.45, 7) is 5.26. The molecule has 0 spiro atoms. The summed E-state index contributed by atoms with van der Waals surface area (Å²) < 4.78 is 52.8. The fourth-order valence-corrected chi connectivity index (χ4v) is 4.37. The number of hydrogen-bond acceptors (Lipinski definition) is 7. The first-order chi connectivity index (χ1) is 16.5. The van der Waals surface area contributed by atoms with Crippen LogP contribution >= 0.6 is 0 Å². The van der Waals surface area contributed by atoms with Crippen LogP contribution in [0, 0.1) is 0 Å². The highest BCUT2D eigenvalue weighted by Crippen LogP contribution is 2.42. The van der Waals surface area contributed by atoms with Gasteiger partial charge in [0, 0.05) is 34.2 Å². The standard InChI is InChI=1S/C25H24N2O7S/c1-25(2,3)34-24(28)27-26-15-9-11-17-20(13-15)33-21-14-16(32-4)10-12-18(21)23(17)19-7-5-6-8-22(19)35(29,30)31/h5-14H,1-4H3,(H,27,28)(H,29,30,31). The van der Waals surface area contributed by atoms with Gasteiger partial charge in [-0.25, -0.2) is 13.2 Å². The maximum atomic E-state index is 12.0. The van der Waals surface area contributed by atoms with Gasteiger partial charge in [-0.05, 0) is 45.0 Å². The molecule has 2 aromatic rings. The number of amides is 1. The molecule has 1 aliphatic carbocycles. The predicted octanol–water partition coefficient (Wildman–Crippen LogP) is 2.54. The molecule has 2 N–H and O–H groups in total. The molecule has 0 saturated carbocycles. The monoisotopic (exact) mass is 496 g/mol. The SMILES string of the molecule is COc1ccc2c(-c3ccccc3S(=O)(=O)[O-])c3ccc(=[NH+]NC(=O)OC(C)(C)C)cc-3oc2c1. The van der Waals surface area contributed by atoms with Crippen LogP contribution in [0.15, 0.2) is 70.0 Å².